The summed E-state index contributed by atoms with van der Waals surface area (Å²) in [5.74, 6) is -0.0725. The number of carbonyl (C=O) groups is 2. The van der Waals surface area contributed by atoms with Gasteiger partial charge in [-0.2, -0.15) is 0 Å². The fourth-order valence-electron chi connectivity index (χ4n) is 1.28. The molecule has 1 saturated heterocycles. The van der Waals surface area contributed by atoms with Crippen LogP contribution in [-0.2, 0) is 9.53 Å². The van der Waals surface area contributed by atoms with Crippen molar-refractivity contribution in [2.24, 2.45) is 0 Å². The second-order valence-electron chi connectivity index (χ2n) is 3.11. The Labute approximate surface area is 77.2 Å². The molecule has 13 heavy (non-hydrogen) atoms. The molecule has 4 nitrogen and oxygen atoms in total. The van der Waals surface area contributed by atoms with Crippen molar-refractivity contribution < 1.29 is 14.3 Å². The van der Waals surface area contributed by atoms with Gasteiger partial charge in [0.05, 0.1) is 13.2 Å². The van der Waals surface area contributed by atoms with E-state index in [-0.39, 0.29) is 11.8 Å². The second-order valence-corrected chi connectivity index (χ2v) is 3.11. The Morgan fingerprint density at radius 2 is 2.15 bits per heavy atom. The lowest BCUT2D eigenvalue weighted by atomic mass is 9.96. The molecule has 1 amide bonds. The Morgan fingerprint density at radius 1 is 1.54 bits per heavy atom. The highest BCUT2D eigenvalue weighted by Crippen LogP contribution is 2.21. The fraction of sp³-hybridized carbons (Fsp3) is 0.556. The normalized spacial score (nSPS) is 20.5. The molecule has 4 heteroatoms. The number of methoxy groups -OCH3 is 1. The van der Waals surface area contributed by atoms with Crippen LogP contribution in [0.25, 0.3) is 0 Å². The maximum Gasteiger partial charge on any atom is 0.410 e. The molecule has 0 aromatic carbocycles. The van der Waals surface area contributed by atoms with Crippen LogP contribution < -0.4 is 0 Å². The summed E-state index contributed by atoms with van der Waals surface area (Å²) in [6.07, 6.45) is 0.270. The van der Waals surface area contributed by atoms with E-state index in [1.54, 1.807) is 6.92 Å². The van der Waals surface area contributed by atoms with Crippen LogP contribution in [0.1, 0.15) is 13.3 Å². The minimum atomic E-state index is -0.439. The van der Waals surface area contributed by atoms with Gasteiger partial charge in [0.15, 0.2) is 5.78 Å². The Balaban J connectivity index is 2.59. The van der Waals surface area contributed by atoms with Gasteiger partial charge in [-0.15, -0.1) is 0 Å². The van der Waals surface area contributed by atoms with Crippen LogP contribution in [0.4, 0.5) is 4.79 Å². The Morgan fingerprint density at radius 3 is 2.46 bits per heavy atom. The highest BCUT2D eigenvalue weighted by Gasteiger charge is 2.37. The summed E-state index contributed by atoms with van der Waals surface area (Å²) < 4.78 is 4.52. The molecule has 0 bridgehead atoms. The molecule has 1 aliphatic rings. The lowest BCUT2D eigenvalue weighted by Gasteiger charge is -2.38. The Kier molecular flexibility index (Phi) is 2.70. The maximum absolute atomic E-state index is 11.4. The zero-order valence-electron chi connectivity index (χ0n) is 7.87. The van der Waals surface area contributed by atoms with Crippen LogP contribution in [0, 0.1) is 0 Å². The first-order valence-electron chi connectivity index (χ1n) is 4.12. The van der Waals surface area contributed by atoms with Gasteiger partial charge in [0.2, 0.25) is 0 Å². The molecule has 0 radical (unpaired) electrons. The van der Waals surface area contributed by atoms with Gasteiger partial charge in [-0.1, -0.05) is 6.58 Å². The van der Waals surface area contributed by atoms with Crippen molar-refractivity contribution in [1.82, 2.24) is 4.90 Å². The van der Waals surface area contributed by atoms with Gasteiger partial charge in [-0.3, -0.25) is 9.69 Å². The van der Waals surface area contributed by atoms with Gasteiger partial charge < -0.3 is 4.74 Å². The molecule has 1 atom stereocenters. The van der Waals surface area contributed by atoms with E-state index in [0.717, 1.165) is 0 Å². The predicted molar refractivity (Wildman–Crippen MR) is 47.3 cm³/mol. The molecule has 0 spiro atoms. The Bertz CT molecular complexity index is 260. The summed E-state index contributed by atoms with van der Waals surface area (Å²) in [4.78, 5) is 23.9. The standard InChI is InChI=1S/C9H13NO3/c1-6(2)8(11)7-4-5-10(7)9(12)13-3/h7H,1,4-5H2,2-3H3. The molecule has 0 N–H and O–H groups in total. The van der Waals surface area contributed by atoms with Crippen LogP contribution in [0.2, 0.25) is 0 Å². The van der Waals surface area contributed by atoms with Crippen molar-refractivity contribution in [3.8, 4) is 0 Å². The van der Waals surface area contributed by atoms with Gasteiger partial charge in [-0.05, 0) is 18.9 Å². The van der Waals surface area contributed by atoms with Crippen molar-refractivity contribution in [3.63, 3.8) is 0 Å². The van der Waals surface area contributed by atoms with Crippen LogP contribution in [0.15, 0.2) is 12.2 Å². The van der Waals surface area contributed by atoms with Crippen LogP contribution in [0.3, 0.4) is 0 Å². The third-order valence-electron chi connectivity index (χ3n) is 2.15. The largest absolute Gasteiger partial charge is 0.453 e. The molecule has 0 aromatic heterocycles. The third kappa shape index (κ3) is 1.71. The number of nitrogens with zero attached hydrogens (tertiary/aromatic N) is 1. The number of ketones is 1. The molecule has 1 fully saturated rings. The number of hydrogen-bond donors (Lipinski definition) is 0. The number of rotatable bonds is 2. The minimum absolute atomic E-state index is 0.0725. The molecule has 1 rings (SSSR count). The zero-order chi connectivity index (χ0) is 10.0. The van der Waals surface area contributed by atoms with Gasteiger partial charge in [-0.25, -0.2) is 4.79 Å². The first-order chi connectivity index (χ1) is 6.07. The third-order valence-corrected chi connectivity index (χ3v) is 2.15. The molecule has 0 saturated carbocycles. The van der Waals surface area contributed by atoms with E-state index < -0.39 is 6.09 Å². The average molecular weight is 183 g/mol. The van der Waals surface area contributed by atoms with E-state index in [9.17, 15) is 9.59 Å². The van der Waals surface area contributed by atoms with E-state index in [2.05, 4.69) is 11.3 Å². The van der Waals surface area contributed by atoms with Gasteiger partial charge >= 0.3 is 6.09 Å². The van der Waals surface area contributed by atoms with E-state index in [4.69, 9.17) is 0 Å². The molecule has 0 aromatic rings. The van der Waals surface area contributed by atoms with Crippen molar-refractivity contribution in [2.45, 2.75) is 19.4 Å². The molecule has 0 aliphatic carbocycles. The van der Waals surface area contributed by atoms with Crippen LogP contribution >= 0.6 is 0 Å². The first-order valence-corrected chi connectivity index (χ1v) is 4.12. The molecular formula is C9H13NO3. The van der Waals surface area contributed by atoms with Crippen molar-refractivity contribution >= 4 is 11.9 Å². The summed E-state index contributed by atoms with van der Waals surface area (Å²) in [5.41, 5.74) is 0.485. The lowest BCUT2D eigenvalue weighted by Crippen LogP contribution is -2.55. The average Bonchev–Trinajstić information content (AvgIpc) is 2.01. The molecule has 1 unspecified atom stereocenters. The van der Waals surface area contributed by atoms with Gasteiger partial charge in [0.1, 0.15) is 0 Å². The number of carbonyl (C=O) groups excluding carboxylic acids is 2. The highest BCUT2D eigenvalue weighted by molar-refractivity contribution is 6.00. The van der Waals surface area contributed by atoms with E-state index >= 15 is 0 Å². The quantitative estimate of drug-likeness (QED) is 0.599. The minimum Gasteiger partial charge on any atom is -0.453 e. The Hall–Kier alpha value is -1.32. The summed E-state index contributed by atoms with van der Waals surface area (Å²) in [6.45, 7) is 5.79. The molecule has 72 valence electrons. The van der Waals surface area contributed by atoms with Crippen LogP contribution in [-0.4, -0.2) is 36.5 Å². The van der Waals surface area contributed by atoms with Gasteiger partial charge in [0, 0.05) is 6.54 Å². The molecule has 1 heterocycles. The maximum atomic E-state index is 11.4. The smallest absolute Gasteiger partial charge is 0.410 e. The van der Waals surface area contributed by atoms with E-state index in [0.29, 0.717) is 18.5 Å². The zero-order valence-corrected chi connectivity index (χ0v) is 7.87. The topological polar surface area (TPSA) is 46.6 Å². The summed E-state index contributed by atoms with van der Waals surface area (Å²) >= 11 is 0. The summed E-state index contributed by atoms with van der Waals surface area (Å²) in [7, 11) is 1.31. The molecular weight excluding hydrogens is 170 g/mol. The molecule has 1 aliphatic heterocycles. The summed E-state index contributed by atoms with van der Waals surface area (Å²) in [5, 5.41) is 0. The monoisotopic (exact) mass is 183 g/mol. The SMILES string of the molecule is C=C(C)C(=O)C1CCN1C(=O)OC. The first kappa shape index (κ1) is 9.77. The van der Waals surface area contributed by atoms with Crippen molar-refractivity contribution in [1.29, 1.82) is 0 Å². The van der Waals surface area contributed by atoms with Gasteiger partial charge in [0.25, 0.3) is 0 Å². The van der Waals surface area contributed by atoms with E-state index in [1.165, 1.54) is 12.0 Å². The number of likely N-dealkylation sites (tertiary alicyclic amines) is 1. The lowest BCUT2D eigenvalue weighted by molar-refractivity contribution is -0.123. The van der Waals surface area contributed by atoms with Crippen molar-refractivity contribution in [2.75, 3.05) is 13.7 Å². The summed E-state index contributed by atoms with van der Waals surface area (Å²) in [6, 6.07) is -0.343. The highest BCUT2D eigenvalue weighted by atomic mass is 16.5. The van der Waals surface area contributed by atoms with Crippen molar-refractivity contribution in [3.05, 3.63) is 12.2 Å². The number of ether oxygens (including phenoxy) is 1. The van der Waals surface area contributed by atoms with E-state index in [1.807, 2.05) is 0 Å². The number of Topliss-reactive ketones (excluding diaryl/α,β-unsaturated/α-hetero) is 1. The number of amides is 1. The number of hydrogen-bond acceptors (Lipinski definition) is 3. The fourth-order valence-corrected chi connectivity index (χ4v) is 1.28. The van der Waals surface area contributed by atoms with Crippen LogP contribution in [0.5, 0.6) is 0 Å². The predicted octanol–water partition coefficient (Wildman–Crippen LogP) is 0.972. The second kappa shape index (κ2) is 3.60.